The normalized spacial score (nSPS) is 26.4. The molecule has 0 heterocycles. The van der Waals surface area contributed by atoms with Crippen molar-refractivity contribution in [3.05, 3.63) is 0 Å². The minimum absolute atomic E-state index is 0.00247. The van der Waals surface area contributed by atoms with E-state index in [0.717, 1.165) is 19.3 Å². The zero-order valence-corrected chi connectivity index (χ0v) is 10.4. The van der Waals surface area contributed by atoms with E-state index in [1.165, 1.54) is 0 Å². The first kappa shape index (κ1) is 13.4. The number of sulfonamides is 1. The van der Waals surface area contributed by atoms with Crippen molar-refractivity contribution in [2.45, 2.75) is 45.1 Å². The van der Waals surface area contributed by atoms with Crippen LogP contribution < -0.4 is 10.5 Å². The molecule has 5 nitrogen and oxygen atoms in total. The van der Waals surface area contributed by atoms with Gasteiger partial charge in [0.1, 0.15) is 0 Å². The van der Waals surface area contributed by atoms with Gasteiger partial charge in [-0.05, 0) is 25.7 Å². The van der Waals surface area contributed by atoms with Crippen LogP contribution in [0.15, 0.2) is 0 Å². The van der Waals surface area contributed by atoms with Crippen LogP contribution in [0.25, 0.3) is 0 Å². The van der Waals surface area contributed by atoms with Crippen LogP contribution in [0.3, 0.4) is 0 Å². The standard InChI is InChI=1S/C10H20N2O3S/c1-2-6-16(14,15)12-10(13)8-4-3-5-9(11)7-8/h8-9H,2-7,11H2,1H3,(H,12,13). The lowest BCUT2D eigenvalue weighted by atomic mass is 9.86. The summed E-state index contributed by atoms with van der Waals surface area (Å²) in [6.45, 7) is 1.76. The lowest BCUT2D eigenvalue weighted by Gasteiger charge is -2.25. The smallest absolute Gasteiger partial charge is 0.236 e. The number of nitrogens with two attached hydrogens (primary N) is 1. The molecule has 0 aromatic rings. The molecule has 0 aromatic heterocycles. The molecule has 1 fully saturated rings. The lowest BCUT2D eigenvalue weighted by Crippen LogP contribution is -2.41. The molecule has 1 aliphatic rings. The molecule has 1 aliphatic carbocycles. The Morgan fingerprint density at radius 3 is 2.69 bits per heavy atom. The highest BCUT2D eigenvalue weighted by Gasteiger charge is 2.27. The van der Waals surface area contributed by atoms with Crippen LogP contribution in [0, 0.1) is 5.92 Å². The van der Waals surface area contributed by atoms with Gasteiger partial charge in [0.05, 0.1) is 5.75 Å². The van der Waals surface area contributed by atoms with Crippen molar-refractivity contribution in [1.82, 2.24) is 4.72 Å². The Bertz CT molecular complexity index is 340. The van der Waals surface area contributed by atoms with Crippen molar-refractivity contribution in [2.75, 3.05) is 5.75 Å². The molecule has 0 spiro atoms. The Balaban J connectivity index is 2.51. The van der Waals surface area contributed by atoms with E-state index in [2.05, 4.69) is 4.72 Å². The van der Waals surface area contributed by atoms with Gasteiger partial charge in [-0.25, -0.2) is 8.42 Å². The third-order valence-electron chi connectivity index (χ3n) is 2.81. The second-order valence-corrected chi connectivity index (χ2v) is 6.25. The minimum Gasteiger partial charge on any atom is -0.328 e. The molecule has 0 bridgehead atoms. The number of hydrogen-bond acceptors (Lipinski definition) is 4. The Hall–Kier alpha value is -0.620. The number of hydrogen-bond donors (Lipinski definition) is 2. The molecule has 0 radical (unpaired) electrons. The zero-order chi connectivity index (χ0) is 12.2. The summed E-state index contributed by atoms with van der Waals surface area (Å²) < 4.78 is 24.9. The largest absolute Gasteiger partial charge is 0.328 e. The molecule has 0 saturated heterocycles. The second kappa shape index (κ2) is 5.63. The number of nitrogens with one attached hydrogen (secondary N) is 1. The van der Waals surface area contributed by atoms with Crippen LogP contribution in [-0.2, 0) is 14.8 Å². The Morgan fingerprint density at radius 1 is 1.44 bits per heavy atom. The molecule has 1 rings (SSSR count). The SMILES string of the molecule is CCCS(=O)(=O)NC(=O)C1CCCC(N)C1. The number of carbonyl (C=O) groups is 1. The molecule has 2 atom stereocenters. The third-order valence-corrected chi connectivity index (χ3v) is 4.27. The summed E-state index contributed by atoms with van der Waals surface area (Å²) in [4.78, 5) is 11.7. The first-order valence-electron chi connectivity index (χ1n) is 5.74. The average Bonchev–Trinajstić information content (AvgIpc) is 2.16. The summed E-state index contributed by atoms with van der Waals surface area (Å²) in [5.74, 6) is -0.628. The summed E-state index contributed by atoms with van der Waals surface area (Å²) in [5.41, 5.74) is 5.76. The van der Waals surface area contributed by atoms with Gasteiger partial charge < -0.3 is 5.73 Å². The van der Waals surface area contributed by atoms with Crippen molar-refractivity contribution >= 4 is 15.9 Å². The highest BCUT2D eigenvalue weighted by molar-refractivity contribution is 7.90. The summed E-state index contributed by atoms with van der Waals surface area (Å²) in [7, 11) is -3.44. The fraction of sp³-hybridized carbons (Fsp3) is 0.900. The number of rotatable bonds is 4. The van der Waals surface area contributed by atoms with Crippen LogP contribution in [0.5, 0.6) is 0 Å². The predicted octanol–water partition coefficient (Wildman–Crippen LogP) is 0.360. The molecule has 0 aliphatic heterocycles. The average molecular weight is 248 g/mol. The Kier molecular flexibility index (Phi) is 4.73. The van der Waals surface area contributed by atoms with Crippen molar-refractivity contribution in [3.63, 3.8) is 0 Å². The molecule has 16 heavy (non-hydrogen) atoms. The van der Waals surface area contributed by atoms with Crippen molar-refractivity contribution in [2.24, 2.45) is 11.7 Å². The van der Waals surface area contributed by atoms with Crippen LogP contribution >= 0.6 is 0 Å². The molecule has 0 aromatic carbocycles. The summed E-state index contributed by atoms with van der Waals surface area (Å²) in [6.07, 6.45) is 3.65. The topological polar surface area (TPSA) is 89.3 Å². The third kappa shape index (κ3) is 4.09. The highest BCUT2D eigenvalue weighted by atomic mass is 32.2. The van der Waals surface area contributed by atoms with E-state index in [9.17, 15) is 13.2 Å². The van der Waals surface area contributed by atoms with Crippen LogP contribution in [0.1, 0.15) is 39.0 Å². The lowest BCUT2D eigenvalue weighted by molar-refractivity contribution is -0.124. The quantitative estimate of drug-likeness (QED) is 0.751. The summed E-state index contributed by atoms with van der Waals surface area (Å²) in [6, 6.07) is 0.0263. The van der Waals surface area contributed by atoms with Crippen LogP contribution in [-0.4, -0.2) is 26.1 Å². The molecule has 2 unspecified atom stereocenters. The summed E-state index contributed by atoms with van der Waals surface area (Å²) >= 11 is 0. The fourth-order valence-corrected chi connectivity index (χ4v) is 3.13. The summed E-state index contributed by atoms with van der Waals surface area (Å²) in [5, 5.41) is 0. The monoisotopic (exact) mass is 248 g/mol. The number of carbonyl (C=O) groups excluding carboxylic acids is 1. The molecule has 3 N–H and O–H groups in total. The van der Waals surface area contributed by atoms with Crippen molar-refractivity contribution in [3.8, 4) is 0 Å². The van der Waals surface area contributed by atoms with Crippen LogP contribution in [0.2, 0.25) is 0 Å². The van der Waals surface area contributed by atoms with Crippen molar-refractivity contribution < 1.29 is 13.2 Å². The molecular weight excluding hydrogens is 228 g/mol. The maximum atomic E-state index is 11.7. The molecular formula is C10H20N2O3S. The van der Waals surface area contributed by atoms with E-state index >= 15 is 0 Å². The maximum absolute atomic E-state index is 11.7. The first-order valence-corrected chi connectivity index (χ1v) is 7.39. The Morgan fingerprint density at radius 2 is 2.12 bits per heavy atom. The van der Waals surface area contributed by atoms with Gasteiger partial charge in [-0.1, -0.05) is 13.3 Å². The van der Waals surface area contributed by atoms with E-state index < -0.39 is 10.0 Å². The molecule has 6 heteroatoms. The van der Waals surface area contributed by atoms with Gasteiger partial charge >= 0.3 is 0 Å². The van der Waals surface area contributed by atoms with Crippen molar-refractivity contribution in [1.29, 1.82) is 0 Å². The molecule has 1 amide bonds. The van der Waals surface area contributed by atoms with Gasteiger partial charge in [-0.3, -0.25) is 9.52 Å². The zero-order valence-electron chi connectivity index (χ0n) is 9.61. The van der Waals surface area contributed by atoms with Gasteiger partial charge in [-0.15, -0.1) is 0 Å². The molecule has 1 saturated carbocycles. The van der Waals surface area contributed by atoms with E-state index in [1.54, 1.807) is 6.92 Å². The number of amides is 1. The highest BCUT2D eigenvalue weighted by Crippen LogP contribution is 2.23. The Labute approximate surface area is 96.8 Å². The van der Waals surface area contributed by atoms with E-state index in [1.807, 2.05) is 0 Å². The minimum atomic E-state index is -3.44. The van der Waals surface area contributed by atoms with Gasteiger partial charge in [0.2, 0.25) is 15.9 Å². The predicted molar refractivity (Wildman–Crippen MR) is 62.2 cm³/mol. The van der Waals surface area contributed by atoms with Crippen LogP contribution in [0.4, 0.5) is 0 Å². The molecule has 94 valence electrons. The van der Waals surface area contributed by atoms with E-state index in [4.69, 9.17) is 5.73 Å². The maximum Gasteiger partial charge on any atom is 0.236 e. The second-order valence-electron chi connectivity index (χ2n) is 4.41. The van der Waals surface area contributed by atoms with Gasteiger partial charge in [0, 0.05) is 12.0 Å². The van der Waals surface area contributed by atoms with E-state index in [-0.39, 0.29) is 23.6 Å². The van der Waals surface area contributed by atoms with E-state index in [0.29, 0.717) is 12.8 Å². The van der Waals surface area contributed by atoms with Gasteiger partial charge in [-0.2, -0.15) is 0 Å². The first-order chi connectivity index (χ1) is 7.44. The fourth-order valence-electron chi connectivity index (χ4n) is 2.02. The van der Waals surface area contributed by atoms with Gasteiger partial charge in [0.15, 0.2) is 0 Å². The van der Waals surface area contributed by atoms with Gasteiger partial charge in [0.25, 0.3) is 0 Å².